The summed E-state index contributed by atoms with van der Waals surface area (Å²) in [6.45, 7) is 6.09. The fraction of sp³-hybridized carbons (Fsp3) is 0.524. The molecule has 5 unspecified atom stereocenters. The highest BCUT2D eigenvalue weighted by Crippen LogP contribution is 2.11. The predicted molar refractivity (Wildman–Crippen MR) is 115 cm³/mol. The number of hydrogen-bond acceptors (Lipinski definition) is 7. The largest absolute Gasteiger partial charge is 0.508 e. The molecule has 0 fully saturated rings. The molecule has 0 bridgehead atoms. The van der Waals surface area contributed by atoms with Gasteiger partial charge in [0.25, 0.3) is 0 Å². The number of aliphatic hydroxyl groups excluding tert-OH is 1. The SMILES string of the molecule is CC(NC(=O)C(NC(=O)C(N)C(C)O)C(C)C)C(=O)NC(Cc1ccc(O)cc1)C(=O)O. The van der Waals surface area contributed by atoms with Crippen LogP contribution in [0, 0.1) is 5.92 Å². The van der Waals surface area contributed by atoms with Crippen LogP contribution in [-0.2, 0) is 25.6 Å². The second-order valence-corrected chi connectivity index (χ2v) is 8.00. The summed E-state index contributed by atoms with van der Waals surface area (Å²) in [6, 6.07) is 1.30. The molecule has 0 radical (unpaired) electrons. The minimum atomic E-state index is -1.26. The number of carbonyl (C=O) groups is 4. The number of carboxylic acid groups (broad SMARTS) is 1. The number of phenols is 1. The van der Waals surface area contributed by atoms with Gasteiger partial charge in [0.2, 0.25) is 17.7 Å². The van der Waals surface area contributed by atoms with E-state index in [4.69, 9.17) is 5.73 Å². The van der Waals surface area contributed by atoms with Gasteiger partial charge >= 0.3 is 5.97 Å². The zero-order chi connectivity index (χ0) is 24.6. The van der Waals surface area contributed by atoms with E-state index in [1.165, 1.54) is 38.1 Å². The van der Waals surface area contributed by atoms with E-state index in [-0.39, 0.29) is 18.1 Å². The van der Waals surface area contributed by atoms with Gasteiger partial charge in [-0.25, -0.2) is 4.79 Å². The Balaban J connectivity index is 2.77. The van der Waals surface area contributed by atoms with E-state index in [0.29, 0.717) is 5.56 Å². The maximum absolute atomic E-state index is 12.6. The number of benzene rings is 1. The molecule has 32 heavy (non-hydrogen) atoms. The van der Waals surface area contributed by atoms with Crippen molar-refractivity contribution in [3.05, 3.63) is 29.8 Å². The van der Waals surface area contributed by atoms with Crippen LogP contribution >= 0.6 is 0 Å². The van der Waals surface area contributed by atoms with Gasteiger partial charge in [-0.3, -0.25) is 14.4 Å². The van der Waals surface area contributed by atoms with Gasteiger partial charge in [0, 0.05) is 6.42 Å². The third-order valence-electron chi connectivity index (χ3n) is 4.81. The number of rotatable bonds is 11. The van der Waals surface area contributed by atoms with Crippen LogP contribution in [0.25, 0.3) is 0 Å². The van der Waals surface area contributed by atoms with E-state index in [9.17, 15) is 34.5 Å². The molecule has 0 heterocycles. The third kappa shape index (κ3) is 8.16. The molecule has 1 rings (SSSR count). The van der Waals surface area contributed by atoms with Crippen molar-refractivity contribution in [3.8, 4) is 5.75 Å². The summed E-state index contributed by atoms with van der Waals surface area (Å²) in [7, 11) is 0. The molecule has 0 saturated heterocycles. The van der Waals surface area contributed by atoms with Crippen molar-refractivity contribution in [1.29, 1.82) is 0 Å². The second kappa shape index (κ2) is 12.0. The van der Waals surface area contributed by atoms with E-state index in [1.54, 1.807) is 13.8 Å². The van der Waals surface area contributed by atoms with E-state index >= 15 is 0 Å². The number of carboxylic acids is 1. The number of aliphatic carboxylic acids is 1. The first-order chi connectivity index (χ1) is 14.8. The number of hydrogen-bond donors (Lipinski definition) is 7. The van der Waals surface area contributed by atoms with Crippen LogP contribution in [0.15, 0.2) is 24.3 Å². The molecule has 0 saturated carbocycles. The highest BCUT2D eigenvalue weighted by atomic mass is 16.4. The lowest BCUT2D eigenvalue weighted by atomic mass is 10.0. The lowest BCUT2D eigenvalue weighted by molar-refractivity contribution is -0.142. The zero-order valence-corrected chi connectivity index (χ0v) is 18.5. The van der Waals surface area contributed by atoms with Gasteiger partial charge in [-0.05, 0) is 37.5 Å². The average molecular weight is 453 g/mol. The molecular weight excluding hydrogens is 420 g/mol. The first kappa shape index (κ1) is 26.9. The molecule has 0 spiro atoms. The lowest BCUT2D eigenvalue weighted by Gasteiger charge is -2.26. The van der Waals surface area contributed by atoms with E-state index in [1.807, 2.05) is 0 Å². The van der Waals surface area contributed by atoms with Gasteiger partial charge in [-0.1, -0.05) is 26.0 Å². The molecule has 3 amide bonds. The summed E-state index contributed by atoms with van der Waals surface area (Å²) in [5, 5.41) is 35.5. The van der Waals surface area contributed by atoms with Crippen molar-refractivity contribution in [2.24, 2.45) is 11.7 Å². The molecule has 5 atom stereocenters. The Labute approximate surface area is 186 Å². The van der Waals surface area contributed by atoms with Crippen molar-refractivity contribution in [3.63, 3.8) is 0 Å². The minimum absolute atomic E-state index is 0.0239. The summed E-state index contributed by atoms with van der Waals surface area (Å²) in [4.78, 5) is 48.8. The monoisotopic (exact) mass is 452 g/mol. The molecule has 178 valence electrons. The molecular formula is C21H32N4O7. The second-order valence-electron chi connectivity index (χ2n) is 8.00. The van der Waals surface area contributed by atoms with Crippen LogP contribution < -0.4 is 21.7 Å². The van der Waals surface area contributed by atoms with Crippen molar-refractivity contribution < 1.29 is 34.5 Å². The molecule has 0 aliphatic carbocycles. The Bertz CT molecular complexity index is 811. The van der Waals surface area contributed by atoms with Crippen LogP contribution in [-0.4, -0.2) is 69.3 Å². The van der Waals surface area contributed by atoms with Gasteiger partial charge in [-0.15, -0.1) is 0 Å². The quantitative estimate of drug-likeness (QED) is 0.219. The van der Waals surface area contributed by atoms with Gasteiger partial charge in [-0.2, -0.15) is 0 Å². The Morgan fingerprint density at radius 1 is 0.906 bits per heavy atom. The van der Waals surface area contributed by atoms with Crippen molar-refractivity contribution in [2.45, 2.75) is 64.4 Å². The average Bonchev–Trinajstić information content (AvgIpc) is 2.71. The highest BCUT2D eigenvalue weighted by molar-refractivity contribution is 5.94. The maximum atomic E-state index is 12.6. The molecule has 0 aliphatic rings. The van der Waals surface area contributed by atoms with Gasteiger partial charge in [0.05, 0.1) is 6.10 Å². The van der Waals surface area contributed by atoms with Gasteiger partial charge in [0.15, 0.2) is 0 Å². The fourth-order valence-corrected chi connectivity index (χ4v) is 2.74. The van der Waals surface area contributed by atoms with E-state index in [0.717, 1.165) is 0 Å². The van der Waals surface area contributed by atoms with E-state index < -0.39 is 54.0 Å². The van der Waals surface area contributed by atoms with Crippen LogP contribution in [0.3, 0.4) is 0 Å². The molecule has 11 heteroatoms. The number of amides is 3. The number of aliphatic hydroxyl groups is 1. The molecule has 1 aromatic carbocycles. The number of nitrogens with two attached hydrogens (primary N) is 1. The van der Waals surface area contributed by atoms with Crippen LogP contribution in [0.1, 0.15) is 33.3 Å². The van der Waals surface area contributed by atoms with Gasteiger partial charge in [0.1, 0.15) is 29.9 Å². The summed E-state index contributed by atoms with van der Waals surface area (Å²) in [5.74, 6) is -3.67. The highest BCUT2D eigenvalue weighted by Gasteiger charge is 2.30. The first-order valence-corrected chi connectivity index (χ1v) is 10.2. The minimum Gasteiger partial charge on any atom is -0.508 e. The van der Waals surface area contributed by atoms with Gasteiger partial charge < -0.3 is 37.0 Å². The van der Waals surface area contributed by atoms with Crippen molar-refractivity contribution in [2.75, 3.05) is 0 Å². The Morgan fingerprint density at radius 3 is 1.94 bits per heavy atom. The lowest BCUT2D eigenvalue weighted by Crippen LogP contribution is -2.58. The van der Waals surface area contributed by atoms with Crippen molar-refractivity contribution in [1.82, 2.24) is 16.0 Å². The number of carbonyl (C=O) groups excluding carboxylic acids is 3. The number of phenolic OH excluding ortho intramolecular Hbond substituents is 1. The molecule has 0 aromatic heterocycles. The fourth-order valence-electron chi connectivity index (χ4n) is 2.74. The number of nitrogens with one attached hydrogen (secondary N) is 3. The Morgan fingerprint density at radius 2 is 1.47 bits per heavy atom. The summed E-state index contributed by atoms with van der Waals surface area (Å²) < 4.78 is 0. The maximum Gasteiger partial charge on any atom is 0.326 e. The standard InChI is InChI=1S/C21H32N4O7/c1-10(2)17(25-19(29)16(22)12(4)26)20(30)23-11(3)18(28)24-15(21(31)32)9-13-5-7-14(27)8-6-13/h5-8,10-12,15-17,26-27H,9,22H2,1-4H3,(H,23,30)(H,24,28)(H,25,29)(H,31,32). The predicted octanol–water partition coefficient (Wildman–Crippen LogP) is -1.14. The normalized spacial score (nSPS) is 15.7. The van der Waals surface area contributed by atoms with Crippen LogP contribution in [0.2, 0.25) is 0 Å². The topological polar surface area (TPSA) is 191 Å². The van der Waals surface area contributed by atoms with Crippen LogP contribution in [0.5, 0.6) is 5.75 Å². The third-order valence-corrected chi connectivity index (χ3v) is 4.81. The van der Waals surface area contributed by atoms with Crippen molar-refractivity contribution >= 4 is 23.7 Å². The molecule has 1 aromatic rings. The Hall–Kier alpha value is -3.18. The summed E-state index contributed by atoms with van der Waals surface area (Å²) in [5.41, 5.74) is 6.17. The smallest absolute Gasteiger partial charge is 0.326 e. The summed E-state index contributed by atoms with van der Waals surface area (Å²) in [6.07, 6.45) is -1.14. The Kier molecular flexibility index (Phi) is 10.1. The van der Waals surface area contributed by atoms with Crippen LogP contribution in [0.4, 0.5) is 0 Å². The summed E-state index contributed by atoms with van der Waals surface area (Å²) >= 11 is 0. The number of aromatic hydroxyl groups is 1. The molecule has 0 aliphatic heterocycles. The molecule has 11 nitrogen and oxygen atoms in total. The zero-order valence-electron chi connectivity index (χ0n) is 18.5. The van der Waals surface area contributed by atoms with E-state index in [2.05, 4.69) is 16.0 Å². The molecule has 8 N–H and O–H groups in total. The first-order valence-electron chi connectivity index (χ1n) is 10.2.